The van der Waals surface area contributed by atoms with Crippen LogP contribution in [-0.2, 0) is 4.43 Å². The van der Waals surface area contributed by atoms with E-state index in [9.17, 15) is 0 Å². The summed E-state index contributed by atoms with van der Waals surface area (Å²) in [6, 6.07) is 3.92. The lowest BCUT2D eigenvalue weighted by Crippen LogP contribution is -2.36. The summed E-state index contributed by atoms with van der Waals surface area (Å²) in [7, 11) is 0.506. The Morgan fingerprint density at radius 2 is 1.40 bits per heavy atom. The second-order valence-corrected chi connectivity index (χ2v) is 9.04. The van der Waals surface area contributed by atoms with Gasteiger partial charge in [-0.15, -0.1) is 11.6 Å². The Morgan fingerprint density at radius 3 is 1.73 bits per heavy atom. The van der Waals surface area contributed by atoms with Gasteiger partial charge in [-0.2, -0.15) is 0 Å². The third-order valence-corrected chi connectivity index (χ3v) is 8.10. The lowest BCUT2D eigenvalue weighted by atomic mass is 10.4. The van der Waals surface area contributed by atoms with E-state index in [1.165, 1.54) is 43.8 Å². The van der Waals surface area contributed by atoms with Gasteiger partial charge in [0.1, 0.15) is 0 Å². The molecule has 92 valence electrons. The Bertz CT molecular complexity index is 120. The molecule has 0 aromatic heterocycles. The normalized spacial score (nSPS) is 12.0. The van der Waals surface area contributed by atoms with E-state index in [1.54, 1.807) is 0 Å². The standard InChI is InChI=1S/C12H27ClOSi/c1-4-6-10-15(14-3,11-7-5-2)12-8-9-13/h4-12H2,1-3H3. The molecule has 0 N–H and O–H groups in total. The van der Waals surface area contributed by atoms with Gasteiger partial charge in [0.15, 0.2) is 8.32 Å². The minimum Gasteiger partial charge on any atom is -0.420 e. The van der Waals surface area contributed by atoms with Crippen molar-refractivity contribution in [1.82, 2.24) is 0 Å². The fraction of sp³-hybridized carbons (Fsp3) is 1.00. The highest BCUT2D eigenvalue weighted by atomic mass is 35.5. The number of hydrogen-bond donors (Lipinski definition) is 0. The summed E-state index contributed by atoms with van der Waals surface area (Å²) >= 11 is 5.80. The molecule has 1 nitrogen and oxygen atoms in total. The molecule has 0 aromatic carbocycles. The van der Waals surface area contributed by atoms with Gasteiger partial charge in [0.05, 0.1) is 0 Å². The Kier molecular flexibility index (Phi) is 9.98. The van der Waals surface area contributed by atoms with E-state index in [-0.39, 0.29) is 0 Å². The molecule has 0 spiro atoms. The van der Waals surface area contributed by atoms with Gasteiger partial charge >= 0.3 is 0 Å². The van der Waals surface area contributed by atoms with E-state index in [1.807, 2.05) is 7.11 Å². The number of halogens is 1. The summed E-state index contributed by atoms with van der Waals surface area (Å²) in [6.45, 7) is 4.52. The molecule has 0 rings (SSSR count). The van der Waals surface area contributed by atoms with Crippen molar-refractivity contribution in [2.45, 2.75) is 64.1 Å². The fourth-order valence-electron chi connectivity index (χ4n) is 2.07. The lowest BCUT2D eigenvalue weighted by molar-refractivity contribution is 0.384. The maximum atomic E-state index is 5.92. The summed E-state index contributed by atoms with van der Waals surface area (Å²) in [5.41, 5.74) is 0. The minimum absolute atomic E-state index is 0.788. The molecule has 0 saturated heterocycles. The van der Waals surface area contributed by atoms with Crippen LogP contribution in [0.3, 0.4) is 0 Å². The molecule has 3 heteroatoms. The molecule has 0 unspecified atom stereocenters. The van der Waals surface area contributed by atoms with Crippen molar-refractivity contribution >= 4 is 19.9 Å². The van der Waals surface area contributed by atoms with Gasteiger partial charge in [-0.05, 0) is 24.6 Å². The monoisotopic (exact) mass is 250 g/mol. The van der Waals surface area contributed by atoms with E-state index in [4.69, 9.17) is 16.0 Å². The Hall–Kier alpha value is 0.467. The quantitative estimate of drug-likeness (QED) is 0.400. The number of hydrogen-bond acceptors (Lipinski definition) is 1. The Morgan fingerprint density at radius 1 is 0.933 bits per heavy atom. The molecule has 0 aliphatic carbocycles. The largest absolute Gasteiger partial charge is 0.420 e. The summed E-state index contributed by atoms with van der Waals surface area (Å²) in [5, 5.41) is 0. The first-order valence-electron chi connectivity index (χ1n) is 6.35. The second kappa shape index (κ2) is 9.68. The highest BCUT2D eigenvalue weighted by molar-refractivity contribution is 6.73. The molecule has 0 aliphatic rings. The van der Waals surface area contributed by atoms with Crippen molar-refractivity contribution < 1.29 is 4.43 Å². The van der Waals surface area contributed by atoms with Crippen molar-refractivity contribution in [3.05, 3.63) is 0 Å². The van der Waals surface area contributed by atoms with Crippen LogP contribution in [0.1, 0.15) is 46.0 Å². The Balaban J connectivity index is 4.16. The van der Waals surface area contributed by atoms with Gasteiger partial charge in [0.2, 0.25) is 0 Å². The van der Waals surface area contributed by atoms with Gasteiger partial charge in [-0.1, -0.05) is 39.5 Å². The number of rotatable bonds is 10. The van der Waals surface area contributed by atoms with Crippen molar-refractivity contribution in [3.8, 4) is 0 Å². The van der Waals surface area contributed by atoms with Crippen LogP contribution in [0.2, 0.25) is 18.1 Å². The van der Waals surface area contributed by atoms with Crippen molar-refractivity contribution in [2.75, 3.05) is 13.0 Å². The molecule has 0 aliphatic heterocycles. The highest BCUT2D eigenvalue weighted by Gasteiger charge is 2.31. The summed E-state index contributed by atoms with van der Waals surface area (Å²) < 4.78 is 5.92. The van der Waals surface area contributed by atoms with Gasteiger partial charge in [0.25, 0.3) is 0 Å². The molecule has 15 heavy (non-hydrogen) atoms. The third-order valence-electron chi connectivity index (χ3n) is 3.17. The van der Waals surface area contributed by atoms with Crippen LogP contribution >= 0.6 is 11.6 Å². The molecular weight excluding hydrogens is 224 g/mol. The first-order chi connectivity index (χ1) is 7.24. The average molecular weight is 251 g/mol. The smallest absolute Gasteiger partial charge is 0.192 e. The van der Waals surface area contributed by atoms with Gasteiger partial charge in [-0.3, -0.25) is 0 Å². The SMILES string of the molecule is CCCC[Si](CCCC)(CCCCl)OC. The third kappa shape index (κ3) is 6.59. The maximum Gasteiger partial charge on any atom is 0.192 e. The van der Waals surface area contributed by atoms with E-state index >= 15 is 0 Å². The van der Waals surface area contributed by atoms with Crippen LogP contribution in [0, 0.1) is 0 Å². The lowest BCUT2D eigenvalue weighted by Gasteiger charge is -2.29. The maximum absolute atomic E-state index is 5.92. The van der Waals surface area contributed by atoms with Gasteiger partial charge in [-0.25, -0.2) is 0 Å². The zero-order valence-electron chi connectivity index (χ0n) is 10.7. The summed E-state index contributed by atoms with van der Waals surface area (Å²) in [4.78, 5) is 0. The topological polar surface area (TPSA) is 9.23 Å². The highest BCUT2D eigenvalue weighted by Crippen LogP contribution is 2.28. The number of unbranched alkanes of at least 4 members (excludes halogenated alkanes) is 2. The molecule has 0 fully saturated rings. The van der Waals surface area contributed by atoms with Crippen molar-refractivity contribution in [1.29, 1.82) is 0 Å². The van der Waals surface area contributed by atoms with E-state index < -0.39 is 8.32 Å². The van der Waals surface area contributed by atoms with Crippen LogP contribution in [0.25, 0.3) is 0 Å². The van der Waals surface area contributed by atoms with Crippen LogP contribution < -0.4 is 0 Å². The van der Waals surface area contributed by atoms with E-state index in [0.29, 0.717) is 0 Å². The van der Waals surface area contributed by atoms with Crippen LogP contribution in [-0.4, -0.2) is 21.3 Å². The van der Waals surface area contributed by atoms with Crippen LogP contribution in [0.4, 0.5) is 0 Å². The van der Waals surface area contributed by atoms with Gasteiger partial charge < -0.3 is 4.43 Å². The molecular formula is C12H27ClOSi. The first-order valence-corrected chi connectivity index (χ1v) is 9.42. The molecule has 0 atom stereocenters. The summed E-state index contributed by atoms with van der Waals surface area (Å²) in [6.07, 6.45) is 6.35. The second-order valence-electron chi connectivity index (χ2n) is 4.39. The van der Waals surface area contributed by atoms with Crippen LogP contribution in [0.15, 0.2) is 0 Å². The Labute approximate surface area is 102 Å². The molecule has 0 amide bonds. The zero-order chi connectivity index (χ0) is 11.6. The first kappa shape index (κ1) is 15.5. The molecule has 0 saturated carbocycles. The molecule has 0 heterocycles. The molecule has 0 radical (unpaired) electrons. The number of alkyl halides is 1. The molecule has 0 aromatic rings. The van der Waals surface area contributed by atoms with E-state index in [0.717, 1.165) is 12.3 Å². The molecule has 0 bridgehead atoms. The van der Waals surface area contributed by atoms with Crippen molar-refractivity contribution in [3.63, 3.8) is 0 Å². The average Bonchev–Trinajstić information content (AvgIpc) is 2.29. The van der Waals surface area contributed by atoms with Crippen LogP contribution in [0.5, 0.6) is 0 Å². The van der Waals surface area contributed by atoms with E-state index in [2.05, 4.69) is 13.8 Å². The zero-order valence-corrected chi connectivity index (χ0v) is 12.4. The van der Waals surface area contributed by atoms with Gasteiger partial charge in [0, 0.05) is 13.0 Å². The summed E-state index contributed by atoms with van der Waals surface area (Å²) in [5.74, 6) is 0.788. The predicted molar refractivity (Wildman–Crippen MR) is 72.3 cm³/mol. The van der Waals surface area contributed by atoms with Crippen molar-refractivity contribution in [2.24, 2.45) is 0 Å². The minimum atomic E-state index is -1.42. The fourth-order valence-corrected chi connectivity index (χ4v) is 6.61. The predicted octanol–water partition coefficient (Wildman–Crippen LogP) is 4.81.